The van der Waals surface area contributed by atoms with Crippen LogP contribution < -0.4 is 10.1 Å². The Morgan fingerprint density at radius 2 is 1.52 bits per heavy atom. The summed E-state index contributed by atoms with van der Waals surface area (Å²) in [6, 6.07) is 13.9. The van der Waals surface area contributed by atoms with Crippen molar-refractivity contribution in [2.24, 2.45) is 0 Å². The Balaban J connectivity index is 1.99. The molecular formula is C20H25NO2. The fourth-order valence-corrected chi connectivity index (χ4v) is 2.48. The van der Waals surface area contributed by atoms with Crippen molar-refractivity contribution < 1.29 is 9.53 Å². The number of amides is 1. The van der Waals surface area contributed by atoms with E-state index in [4.69, 9.17) is 4.74 Å². The number of rotatable bonds is 5. The van der Waals surface area contributed by atoms with Gasteiger partial charge in [0.2, 0.25) is 0 Å². The molecule has 2 aromatic rings. The van der Waals surface area contributed by atoms with Crippen molar-refractivity contribution in [2.75, 3.05) is 5.32 Å². The second-order valence-corrected chi connectivity index (χ2v) is 6.35. The van der Waals surface area contributed by atoms with Gasteiger partial charge in [0.1, 0.15) is 5.75 Å². The van der Waals surface area contributed by atoms with Gasteiger partial charge in [-0.05, 0) is 67.6 Å². The zero-order valence-electron chi connectivity index (χ0n) is 14.5. The highest BCUT2D eigenvalue weighted by atomic mass is 16.5. The summed E-state index contributed by atoms with van der Waals surface area (Å²) in [6.07, 6.45) is -0.555. The standard InChI is InChI=1S/C20H25NO2/c1-13(2)17-6-8-19(9-7-17)23-16(5)20(22)21-18-11-14(3)10-15(4)12-18/h6-13,16H,1-5H3,(H,21,22)/t16-/m0/s1. The molecule has 1 atom stereocenters. The molecule has 0 bridgehead atoms. The predicted octanol–water partition coefficient (Wildman–Crippen LogP) is 4.83. The maximum Gasteiger partial charge on any atom is 0.265 e. The number of ether oxygens (including phenoxy) is 1. The van der Waals surface area contributed by atoms with E-state index in [9.17, 15) is 4.79 Å². The summed E-state index contributed by atoms with van der Waals surface area (Å²) < 4.78 is 5.73. The lowest BCUT2D eigenvalue weighted by atomic mass is 10.0. The first-order chi connectivity index (χ1) is 10.8. The molecular weight excluding hydrogens is 286 g/mol. The van der Waals surface area contributed by atoms with Crippen LogP contribution in [0, 0.1) is 13.8 Å². The number of hydrogen-bond donors (Lipinski definition) is 1. The molecule has 0 spiro atoms. The Morgan fingerprint density at radius 3 is 2.04 bits per heavy atom. The van der Waals surface area contributed by atoms with Gasteiger partial charge in [-0.2, -0.15) is 0 Å². The van der Waals surface area contributed by atoms with E-state index in [0.717, 1.165) is 16.8 Å². The van der Waals surface area contributed by atoms with Gasteiger partial charge in [-0.1, -0.05) is 32.0 Å². The van der Waals surface area contributed by atoms with Gasteiger partial charge in [0, 0.05) is 5.69 Å². The smallest absolute Gasteiger partial charge is 0.265 e. The molecule has 0 aromatic heterocycles. The fraction of sp³-hybridized carbons (Fsp3) is 0.350. The molecule has 1 amide bonds. The zero-order chi connectivity index (χ0) is 17.0. The molecule has 2 rings (SSSR count). The Hall–Kier alpha value is -2.29. The van der Waals surface area contributed by atoms with E-state index in [0.29, 0.717) is 11.7 Å². The highest BCUT2D eigenvalue weighted by Gasteiger charge is 2.15. The van der Waals surface area contributed by atoms with Crippen LogP contribution in [0.1, 0.15) is 43.4 Å². The number of carbonyl (C=O) groups is 1. The maximum absolute atomic E-state index is 12.3. The summed E-state index contributed by atoms with van der Waals surface area (Å²) in [7, 11) is 0. The number of nitrogens with one attached hydrogen (secondary N) is 1. The fourth-order valence-electron chi connectivity index (χ4n) is 2.48. The topological polar surface area (TPSA) is 38.3 Å². The first kappa shape index (κ1) is 17.1. The molecule has 0 fully saturated rings. The SMILES string of the molecule is Cc1cc(C)cc(NC(=O)[C@H](C)Oc2ccc(C(C)C)cc2)c1. The second-order valence-electron chi connectivity index (χ2n) is 6.35. The molecule has 0 saturated heterocycles. The third-order valence-electron chi connectivity index (χ3n) is 3.72. The molecule has 0 heterocycles. The first-order valence-corrected chi connectivity index (χ1v) is 8.01. The molecule has 0 unspecified atom stereocenters. The Kier molecular flexibility index (Phi) is 5.43. The molecule has 0 radical (unpaired) electrons. The van der Waals surface area contributed by atoms with Crippen LogP contribution >= 0.6 is 0 Å². The lowest BCUT2D eigenvalue weighted by molar-refractivity contribution is -0.122. The average Bonchev–Trinajstić information content (AvgIpc) is 2.46. The van der Waals surface area contributed by atoms with Gasteiger partial charge in [0.25, 0.3) is 5.91 Å². The van der Waals surface area contributed by atoms with Gasteiger partial charge in [-0.15, -0.1) is 0 Å². The van der Waals surface area contributed by atoms with Crippen LogP contribution in [0.4, 0.5) is 5.69 Å². The third-order valence-corrected chi connectivity index (χ3v) is 3.72. The minimum Gasteiger partial charge on any atom is -0.481 e. The van der Waals surface area contributed by atoms with Crippen molar-refractivity contribution in [3.8, 4) is 5.75 Å². The van der Waals surface area contributed by atoms with Gasteiger partial charge in [-0.3, -0.25) is 4.79 Å². The molecule has 0 saturated carbocycles. The van der Waals surface area contributed by atoms with Gasteiger partial charge < -0.3 is 10.1 Å². The highest BCUT2D eigenvalue weighted by Crippen LogP contribution is 2.20. The van der Waals surface area contributed by atoms with Crippen molar-refractivity contribution in [1.29, 1.82) is 0 Å². The van der Waals surface area contributed by atoms with E-state index in [1.807, 2.05) is 50.2 Å². The maximum atomic E-state index is 12.3. The van der Waals surface area contributed by atoms with Crippen LogP contribution in [-0.4, -0.2) is 12.0 Å². The van der Waals surface area contributed by atoms with E-state index in [2.05, 4.69) is 25.2 Å². The Labute approximate surface area is 138 Å². The summed E-state index contributed by atoms with van der Waals surface area (Å²) in [4.78, 5) is 12.3. The second kappa shape index (κ2) is 7.32. The predicted molar refractivity (Wildman–Crippen MR) is 95.2 cm³/mol. The third kappa shape index (κ3) is 4.85. The molecule has 0 aliphatic carbocycles. The molecule has 1 N–H and O–H groups in total. The van der Waals surface area contributed by atoms with Gasteiger partial charge in [-0.25, -0.2) is 0 Å². The van der Waals surface area contributed by atoms with Gasteiger partial charge in [0.15, 0.2) is 6.10 Å². The van der Waals surface area contributed by atoms with Crippen LogP contribution in [0.15, 0.2) is 42.5 Å². The number of hydrogen-bond acceptors (Lipinski definition) is 2. The number of benzene rings is 2. The van der Waals surface area contributed by atoms with Crippen molar-refractivity contribution in [1.82, 2.24) is 0 Å². The Morgan fingerprint density at radius 1 is 0.957 bits per heavy atom. The van der Waals surface area contributed by atoms with Crippen molar-refractivity contribution >= 4 is 11.6 Å². The van der Waals surface area contributed by atoms with Gasteiger partial charge in [0.05, 0.1) is 0 Å². The molecule has 3 heteroatoms. The molecule has 122 valence electrons. The quantitative estimate of drug-likeness (QED) is 0.858. The minimum atomic E-state index is -0.555. The number of aryl methyl sites for hydroxylation is 2. The number of anilines is 1. The Bertz CT molecular complexity index is 654. The summed E-state index contributed by atoms with van der Waals surface area (Å²) in [5.74, 6) is 1.04. The zero-order valence-corrected chi connectivity index (χ0v) is 14.5. The van der Waals surface area contributed by atoms with E-state index in [1.165, 1.54) is 5.56 Å². The van der Waals surface area contributed by atoms with Crippen molar-refractivity contribution in [2.45, 2.75) is 46.6 Å². The summed E-state index contributed by atoms with van der Waals surface area (Å²) >= 11 is 0. The molecule has 2 aromatic carbocycles. The lowest BCUT2D eigenvalue weighted by Gasteiger charge is -2.16. The van der Waals surface area contributed by atoms with Gasteiger partial charge >= 0.3 is 0 Å². The van der Waals surface area contributed by atoms with E-state index >= 15 is 0 Å². The van der Waals surface area contributed by atoms with E-state index < -0.39 is 6.10 Å². The van der Waals surface area contributed by atoms with Crippen LogP contribution in [0.2, 0.25) is 0 Å². The van der Waals surface area contributed by atoms with Crippen LogP contribution in [0.25, 0.3) is 0 Å². The average molecular weight is 311 g/mol. The van der Waals surface area contributed by atoms with E-state index in [1.54, 1.807) is 6.92 Å². The molecule has 0 aliphatic heterocycles. The van der Waals surface area contributed by atoms with Crippen LogP contribution in [0.5, 0.6) is 5.75 Å². The molecule has 3 nitrogen and oxygen atoms in total. The van der Waals surface area contributed by atoms with Crippen molar-refractivity contribution in [3.63, 3.8) is 0 Å². The van der Waals surface area contributed by atoms with Crippen LogP contribution in [0.3, 0.4) is 0 Å². The molecule has 23 heavy (non-hydrogen) atoms. The largest absolute Gasteiger partial charge is 0.481 e. The van der Waals surface area contributed by atoms with Crippen LogP contribution in [-0.2, 0) is 4.79 Å². The highest BCUT2D eigenvalue weighted by molar-refractivity contribution is 5.94. The first-order valence-electron chi connectivity index (χ1n) is 8.01. The number of carbonyl (C=O) groups excluding carboxylic acids is 1. The normalized spacial score (nSPS) is 12.1. The minimum absolute atomic E-state index is 0.150. The summed E-state index contributed by atoms with van der Waals surface area (Å²) in [6.45, 7) is 10.1. The van der Waals surface area contributed by atoms with Crippen molar-refractivity contribution in [3.05, 3.63) is 59.2 Å². The van der Waals surface area contributed by atoms with E-state index in [-0.39, 0.29) is 5.91 Å². The lowest BCUT2D eigenvalue weighted by Crippen LogP contribution is -2.30. The summed E-state index contributed by atoms with van der Waals surface area (Å²) in [5, 5.41) is 2.91. The summed E-state index contributed by atoms with van der Waals surface area (Å²) in [5.41, 5.74) is 4.30. The molecule has 0 aliphatic rings. The monoisotopic (exact) mass is 311 g/mol.